The maximum Gasteiger partial charge on any atom is 0.196 e. The molecule has 0 fully saturated rings. The topological polar surface area (TPSA) is 52.6 Å². The van der Waals surface area contributed by atoms with Gasteiger partial charge in [0.15, 0.2) is 11.6 Å². The Hall–Kier alpha value is -5.10. The molecule has 0 heterocycles. The highest BCUT2D eigenvalue weighted by molar-refractivity contribution is 6.13. The van der Waals surface area contributed by atoms with Crippen LogP contribution in [0.2, 0.25) is 0 Å². The maximum atomic E-state index is 13.3. The van der Waals surface area contributed by atoms with Crippen molar-refractivity contribution in [2.45, 2.75) is 0 Å². The van der Waals surface area contributed by atoms with E-state index in [1.165, 1.54) is 48.5 Å². The molecule has 0 saturated carbocycles. The van der Waals surface area contributed by atoms with Gasteiger partial charge in [-0.2, -0.15) is 0 Å². The fourth-order valence-electron chi connectivity index (χ4n) is 3.83. The van der Waals surface area contributed by atoms with Gasteiger partial charge in [0.25, 0.3) is 0 Å². The lowest BCUT2D eigenvalue weighted by molar-refractivity contribution is 0.102. The number of hydrogen-bond donors (Lipinski definition) is 0. The first-order chi connectivity index (χ1) is 18.5. The molecule has 0 saturated heterocycles. The Bertz CT molecular complexity index is 1470. The van der Waals surface area contributed by atoms with Crippen LogP contribution < -0.4 is 9.47 Å². The van der Waals surface area contributed by atoms with E-state index in [1.54, 1.807) is 72.8 Å². The van der Waals surface area contributed by atoms with Crippen LogP contribution in [0.3, 0.4) is 0 Å². The number of ketones is 2. The molecule has 5 rings (SSSR count). The van der Waals surface area contributed by atoms with Crippen molar-refractivity contribution in [3.8, 4) is 23.0 Å². The minimum absolute atomic E-state index is 0.290. The van der Waals surface area contributed by atoms with Gasteiger partial charge in [-0.25, -0.2) is 8.78 Å². The summed E-state index contributed by atoms with van der Waals surface area (Å²) in [4.78, 5) is 26.5. The predicted octanol–water partition coefficient (Wildman–Crippen LogP) is 8.01. The maximum absolute atomic E-state index is 13.3. The molecule has 186 valence electrons. The van der Waals surface area contributed by atoms with Crippen molar-refractivity contribution in [3.63, 3.8) is 0 Å². The van der Waals surface area contributed by atoms with Crippen molar-refractivity contribution in [3.05, 3.63) is 155 Å². The second kappa shape index (κ2) is 10.9. The van der Waals surface area contributed by atoms with Gasteiger partial charge in [-0.05, 0) is 72.8 Å². The highest BCUT2D eigenvalue weighted by atomic mass is 19.1. The molecule has 0 aromatic heterocycles. The molecule has 38 heavy (non-hydrogen) atoms. The zero-order chi connectivity index (χ0) is 26.5. The summed E-state index contributed by atoms with van der Waals surface area (Å²) in [5, 5.41) is 0. The molecule has 0 aliphatic rings. The largest absolute Gasteiger partial charge is 0.457 e. The van der Waals surface area contributed by atoms with Crippen LogP contribution in [0.4, 0.5) is 8.78 Å². The molecule has 0 bridgehead atoms. The van der Waals surface area contributed by atoms with Crippen LogP contribution in [0.1, 0.15) is 31.8 Å². The summed E-state index contributed by atoms with van der Waals surface area (Å²) < 4.78 is 38.1. The zero-order valence-electron chi connectivity index (χ0n) is 19.9. The molecular formula is C32H20F2O4. The quantitative estimate of drug-likeness (QED) is 0.200. The van der Waals surface area contributed by atoms with Gasteiger partial charge < -0.3 is 9.47 Å². The van der Waals surface area contributed by atoms with Crippen LogP contribution >= 0.6 is 0 Å². The minimum Gasteiger partial charge on any atom is -0.457 e. The first-order valence-electron chi connectivity index (χ1n) is 11.7. The number of ether oxygens (including phenoxy) is 2. The lowest BCUT2D eigenvalue weighted by atomic mass is 9.98. The van der Waals surface area contributed by atoms with Crippen LogP contribution in [-0.2, 0) is 0 Å². The molecule has 5 aromatic carbocycles. The minimum atomic E-state index is -0.388. The fourth-order valence-corrected chi connectivity index (χ4v) is 3.83. The summed E-state index contributed by atoms with van der Waals surface area (Å²) in [5.74, 6) is 0.0981. The molecular weight excluding hydrogens is 486 g/mol. The Morgan fingerprint density at radius 1 is 0.447 bits per heavy atom. The summed E-state index contributed by atoms with van der Waals surface area (Å²) in [6.45, 7) is 0. The van der Waals surface area contributed by atoms with E-state index in [1.807, 2.05) is 0 Å². The summed E-state index contributed by atoms with van der Waals surface area (Å²) in [5.41, 5.74) is 1.39. The molecule has 4 nitrogen and oxygen atoms in total. The molecule has 0 aliphatic carbocycles. The fraction of sp³-hybridized carbons (Fsp3) is 0. The summed E-state index contributed by atoms with van der Waals surface area (Å²) >= 11 is 0. The molecule has 6 heteroatoms. The third-order valence-electron chi connectivity index (χ3n) is 5.76. The number of carbonyl (C=O) groups is 2. The average Bonchev–Trinajstić information content (AvgIpc) is 2.95. The van der Waals surface area contributed by atoms with E-state index >= 15 is 0 Å². The molecule has 0 spiro atoms. The van der Waals surface area contributed by atoms with Gasteiger partial charge >= 0.3 is 0 Å². The van der Waals surface area contributed by atoms with E-state index < -0.39 is 0 Å². The van der Waals surface area contributed by atoms with E-state index in [0.717, 1.165) is 0 Å². The Kier molecular flexibility index (Phi) is 7.04. The molecule has 0 radical (unpaired) electrons. The molecule has 0 unspecified atom stereocenters. The second-order valence-electron chi connectivity index (χ2n) is 8.34. The molecule has 0 N–H and O–H groups in total. The van der Waals surface area contributed by atoms with E-state index in [9.17, 15) is 18.4 Å². The van der Waals surface area contributed by atoms with Crippen LogP contribution in [-0.4, -0.2) is 11.6 Å². The molecule has 0 atom stereocenters. The third kappa shape index (κ3) is 5.50. The summed E-state index contributed by atoms with van der Waals surface area (Å²) in [6, 6.07) is 30.9. The van der Waals surface area contributed by atoms with Crippen molar-refractivity contribution in [2.24, 2.45) is 0 Å². The molecule has 5 aromatic rings. The normalized spacial score (nSPS) is 10.6. The van der Waals surface area contributed by atoms with Gasteiger partial charge in [-0.15, -0.1) is 0 Å². The summed E-state index contributed by atoms with van der Waals surface area (Å²) in [7, 11) is 0. The Morgan fingerprint density at radius 3 is 1.16 bits per heavy atom. The van der Waals surface area contributed by atoms with Crippen molar-refractivity contribution >= 4 is 11.6 Å². The van der Waals surface area contributed by atoms with Crippen LogP contribution in [0.5, 0.6) is 23.0 Å². The second-order valence-corrected chi connectivity index (χ2v) is 8.34. The van der Waals surface area contributed by atoms with E-state index in [-0.39, 0.29) is 23.2 Å². The first-order valence-corrected chi connectivity index (χ1v) is 11.7. The monoisotopic (exact) mass is 506 g/mol. The third-order valence-corrected chi connectivity index (χ3v) is 5.76. The first kappa shape index (κ1) is 24.6. The number of rotatable bonds is 8. The molecule has 0 aliphatic heterocycles. The number of para-hydroxylation sites is 2. The van der Waals surface area contributed by atoms with Gasteiger partial charge in [0.2, 0.25) is 0 Å². The van der Waals surface area contributed by atoms with E-state index in [2.05, 4.69) is 0 Å². The highest BCUT2D eigenvalue weighted by Gasteiger charge is 2.18. The Morgan fingerprint density at radius 2 is 0.789 bits per heavy atom. The van der Waals surface area contributed by atoms with Crippen LogP contribution in [0.25, 0.3) is 0 Å². The number of halogens is 2. The Labute approximate surface area is 217 Å². The van der Waals surface area contributed by atoms with Crippen molar-refractivity contribution in [2.75, 3.05) is 0 Å². The van der Waals surface area contributed by atoms with Crippen molar-refractivity contribution in [1.82, 2.24) is 0 Å². The number of carbonyl (C=O) groups excluding carboxylic acids is 2. The van der Waals surface area contributed by atoms with Gasteiger partial charge in [-0.3, -0.25) is 9.59 Å². The van der Waals surface area contributed by atoms with Gasteiger partial charge in [0, 0.05) is 11.1 Å². The standard InChI is InChI=1S/C32H20F2O4/c33-23-13-17-25(18-14-23)37-29-7-3-1-5-27(29)31(35)21-9-11-22(12-10-21)32(36)28-6-2-4-8-30(28)38-26-19-15-24(34)16-20-26/h1-20H. The lowest BCUT2D eigenvalue weighted by Gasteiger charge is -2.12. The zero-order valence-corrected chi connectivity index (χ0v) is 19.9. The van der Waals surface area contributed by atoms with E-state index in [4.69, 9.17) is 9.47 Å². The summed E-state index contributed by atoms with van der Waals surface area (Å²) in [6.07, 6.45) is 0. The molecule has 0 amide bonds. The smallest absolute Gasteiger partial charge is 0.196 e. The average molecular weight is 507 g/mol. The van der Waals surface area contributed by atoms with Crippen molar-refractivity contribution in [1.29, 1.82) is 0 Å². The van der Waals surface area contributed by atoms with Gasteiger partial charge in [0.05, 0.1) is 11.1 Å². The van der Waals surface area contributed by atoms with E-state index in [0.29, 0.717) is 45.3 Å². The number of benzene rings is 5. The number of hydrogen-bond acceptors (Lipinski definition) is 4. The predicted molar refractivity (Wildman–Crippen MR) is 139 cm³/mol. The van der Waals surface area contributed by atoms with Gasteiger partial charge in [0.1, 0.15) is 34.6 Å². The SMILES string of the molecule is O=C(c1ccc(C(=O)c2ccccc2Oc2ccc(F)cc2)cc1)c1ccccc1Oc1ccc(F)cc1. The van der Waals surface area contributed by atoms with Crippen LogP contribution in [0.15, 0.2) is 121 Å². The van der Waals surface area contributed by atoms with Crippen molar-refractivity contribution < 1.29 is 27.8 Å². The highest BCUT2D eigenvalue weighted by Crippen LogP contribution is 2.29. The Balaban J connectivity index is 1.36. The van der Waals surface area contributed by atoms with Crippen LogP contribution in [0, 0.1) is 11.6 Å². The van der Waals surface area contributed by atoms with Gasteiger partial charge in [-0.1, -0.05) is 48.5 Å². The lowest BCUT2D eigenvalue weighted by Crippen LogP contribution is -2.06.